The first-order valence-electron chi connectivity index (χ1n) is 4.77. The number of hydrogen-bond donors (Lipinski definition) is 0. The summed E-state index contributed by atoms with van der Waals surface area (Å²) in [6.45, 7) is 1.66. The standard InChI is InChI=1S/C10H10BrNO5/c1-2-16-9(13)6-17-8-5-3-4-7(10(8)11)12(14)15/h3-5H,2,6H2,1H3. The van der Waals surface area contributed by atoms with Crippen LogP contribution in [-0.2, 0) is 9.53 Å². The lowest BCUT2D eigenvalue weighted by molar-refractivity contribution is -0.385. The molecule has 0 amide bonds. The third-order valence-corrected chi connectivity index (χ3v) is 2.59. The smallest absolute Gasteiger partial charge is 0.344 e. The zero-order chi connectivity index (χ0) is 12.8. The second-order valence-electron chi connectivity index (χ2n) is 2.94. The highest BCUT2D eigenvalue weighted by molar-refractivity contribution is 9.10. The summed E-state index contributed by atoms with van der Waals surface area (Å²) in [6.07, 6.45) is 0. The summed E-state index contributed by atoms with van der Waals surface area (Å²) in [5.41, 5.74) is -0.119. The normalized spacial score (nSPS) is 9.76. The average Bonchev–Trinajstić information content (AvgIpc) is 2.27. The Balaban J connectivity index is 2.75. The summed E-state index contributed by atoms with van der Waals surface area (Å²) in [4.78, 5) is 21.2. The van der Waals surface area contributed by atoms with Gasteiger partial charge in [-0.3, -0.25) is 10.1 Å². The van der Waals surface area contributed by atoms with Crippen LogP contribution in [0, 0.1) is 10.1 Å². The Morgan fingerprint density at radius 1 is 1.53 bits per heavy atom. The van der Waals surface area contributed by atoms with E-state index in [1.165, 1.54) is 18.2 Å². The number of ether oxygens (including phenoxy) is 2. The Hall–Kier alpha value is -1.63. The number of rotatable bonds is 5. The van der Waals surface area contributed by atoms with Gasteiger partial charge in [0.25, 0.3) is 5.69 Å². The maximum Gasteiger partial charge on any atom is 0.344 e. The molecule has 0 aliphatic rings. The average molecular weight is 304 g/mol. The number of nitrogens with zero attached hydrogens (tertiary/aromatic N) is 1. The molecule has 0 saturated carbocycles. The van der Waals surface area contributed by atoms with Gasteiger partial charge in [-0.05, 0) is 28.9 Å². The number of esters is 1. The van der Waals surface area contributed by atoms with E-state index in [1.807, 2.05) is 0 Å². The molecule has 0 saturated heterocycles. The molecule has 0 N–H and O–H groups in total. The predicted octanol–water partition coefficient (Wildman–Crippen LogP) is 2.30. The van der Waals surface area contributed by atoms with Gasteiger partial charge < -0.3 is 9.47 Å². The minimum atomic E-state index is -0.540. The van der Waals surface area contributed by atoms with Crippen molar-refractivity contribution in [2.45, 2.75) is 6.92 Å². The van der Waals surface area contributed by atoms with Gasteiger partial charge in [0.1, 0.15) is 10.2 Å². The Bertz CT molecular complexity index is 435. The molecule has 0 aliphatic heterocycles. The van der Waals surface area contributed by atoms with Crippen molar-refractivity contribution >= 4 is 27.6 Å². The number of halogens is 1. The monoisotopic (exact) mass is 303 g/mol. The lowest BCUT2D eigenvalue weighted by Crippen LogP contribution is -2.14. The maximum absolute atomic E-state index is 11.1. The molecule has 0 unspecified atom stereocenters. The Morgan fingerprint density at radius 2 is 2.24 bits per heavy atom. The van der Waals surface area contributed by atoms with E-state index < -0.39 is 10.9 Å². The topological polar surface area (TPSA) is 78.7 Å². The molecule has 0 radical (unpaired) electrons. The highest BCUT2D eigenvalue weighted by atomic mass is 79.9. The van der Waals surface area contributed by atoms with E-state index in [2.05, 4.69) is 20.7 Å². The van der Waals surface area contributed by atoms with Crippen molar-refractivity contribution in [3.63, 3.8) is 0 Å². The van der Waals surface area contributed by atoms with E-state index in [9.17, 15) is 14.9 Å². The first kappa shape index (κ1) is 13.4. The molecule has 0 fully saturated rings. The van der Waals surface area contributed by atoms with Crippen LogP contribution in [0.5, 0.6) is 5.75 Å². The quantitative estimate of drug-likeness (QED) is 0.474. The molecule has 1 aromatic carbocycles. The first-order valence-corrected chi connectivity index (χ1v) is 5.57. The van der Waals surface area contributed by atoms with Gasteiger partial charge in [-0.15, -0.1) is 0 Å². The molecular weight excluding hydrogens is 294 g/mol. The third-order valence-electron chi connectivity index (χ3n) is 1.79. The Morgan fingerprint density at radius 3 is 2.82 bits per heavy atom. The third kappa shape index (κ3) is 3.70. The fourth-order valence-electron chi connectivity index (χ4n) is 1.09. The number of benzene rings is 1. The molecule has 0 bridgehead atoms. The van der Waals surface area contributed by atoms with Gasteiger partial charge in [0.2, 0.25) is 0 Å². The summed E-state index contributed by atoms with van der Waals surface area (Å²) in [7, 11) is 0. The van der Waals surface area contributed by atoms with E-state index >= 15 is 0 Å². The van der Waals surface area contributed by atoms with Crippen LogP contribution in [0.3, 0.4) is 0 Å². The van der Waals surface area contributed by atoms with Crippen LogP contribution in [0.4, 0.5) is 5.69 Å². The lowest BCUT2D eigenvalue weighted by atomic mass is 10.3. The van der Waals surface area contributed by atoms with Gasteiger partial charge in [0.05, 0.1) is 11.5 Å². The van der Waals surface area contributed by atoms with Crippen LogP contribution in [0.25, 0.3) is 0 Å². The van der Waals surface area contributed by atoms with Gasteiger partial charge in [0.15, 0.2) is 6.61 Å². The summed E-state index contributed by atoms with van der Waals surface area (Å²) in [6, 6.07) is 4.33. The van der Waals surface area contributed by atoms with Crippen LogP contribution in [0.15, 0.2) is 22.7 Å². The summed E-state index contributed by atoms with van der Waals surface area (Å²) in [5.74, 6) is -0.293. The summed E-state index contributed by atoms with van der Waals surface area (Å²) < 4.78 is 9.99. The van der Waals surface area contributed by atoms with Crippen molar-refractivity contribution in [2.24, 2.45) is 0 Å². The van der Waals surface area contributed by atoms with Crippen molar-refractivity contribution in [1.29, 1.82) is 0 Å². The van der Waals surface area contributed by atoms with E-state index in [4.69, 9.17) is 4.74 Å². The molecule has 1 aromatic rings. The lowest BCUT2D eigenvalue weighted by Gasteiger charge is -2.07. The highest BCUT2D eigenvalue weighted by Gasteiger charge is 2.16. The largest absolute Gasteiger partial charge is 0.480 e. The zero-order valence-electron chi connectivity index (χ0n) is 9.01. The fraction of sp³-hybridized carbons (Fsp3) is 0.300. The molecule has 7 heteroatoms. The molecule has 1 rings (SSSR count). The SMILES string of the molecule is CCOC(=O)COc1cccc([N+](=O)[O-])c1Br. The maximum atomic E-state index is 11.1. The number of nitro groups is 1. The number of carbonyl (C=O) groups is 1. The van der Waals surface area contributed by atoms with Crippen molar-refractivity contribution in [3.05, 3.63) is 32.8 Å². The minimum Gasteiger partial charge on any atom is -0.480 e. The second kappa shape index (κ2) is 6.19. The van der Waals surface area contributed by atoms with Crippen molar-refractivity contribution in [2.75, 3.05) is 13.2 Å². The highest BCUT2D eigenvalue weighted by Crippen LogP contribution is 2.33. The van der Waals surface area contributed by atoms with Gasteiger partial charge in [0, 0.05) is 6.07 Å². The summed E-state index contributed by atoms with van der Waals surface area (Å²) >= 11 is 3.05. The molecule has 0 heterocycles. The predicted molar refractivity (Wildman–Crippen MR) is 62.9 cm³/mol. The van der Waals surface area contributed by atoms with Crippen LogP contribution in [0.2, 0.25) is 0 Å². The molecule has 0 atom stereocenters. The van der Waals surface area contributed by atoms with E-state index in [0.29, 0.717) is 0 Å². The molecular formula is C10H10BrNO5. The van der Waals surface area contributed by atoms with Crippen LogP contribution >= 0.6 is 15.9 Å². The molecule has 0 aromatic heterocycles. The molecule has 6 nitrogen and oxygen atoms in total. The summed E-state index contributed by atoms with van der Waals surface area (Å²) in [5, 5.41) is 10.6. The van der Waals surface area contributed by atoms with Crippen LogP contribution < -0.4 is 4.74 Å². The number of hydrogen-bond acceptors (Lipinski definition) is 5. The van der Waals surface area contributed by atoms with Gasteiger partial charge in [-0.25, -0.2) is 4.79 Å². The minimum absolute atomic E-state index is 0.119. The van der Waals surface area contributed by atoms with Crippen molar-refractivity contribution in [1.82, 2.24) is 0 Å². The Labute approximate surface area is 106 Å². The molecule has 92 valence electrons. The fourth-order valence-corrected chi connectivity index (χ4v) is 1.61. The zero-order valence-corrected chi connectivity index (χ0v) is 10.6. The molecule has 17 heavy (non-hydrogen) atoms. The first-order chi connectivity index (χ1) is 8.06. The van der Waals surface area contributed by atoms with Gasteiger partial charge >= 0.3 is 5.97 Å². The Kier molecular flexibility index (Phi) is 4.89. The van der Waals surface area contributed by atoms with Crippen molar-refractivity contribution < 1.29 is 19.2 Å². The van der Waals surface area contributed by atoms with E-state index in [1.54, 1.807) is 6.92 Å². The van der Waals surface area contributed by atoms with Gasteiger partial charge in [-0.1, -0.05) is 6.07 Å². The van der Waals surface area contributed by atoms with E-state index in [0.717, 1.165) is 0 Å². The second-order valence-corrected chi connectivity index (χ2v) is 3.73. The van der Waals surface area contributed by atoms with E-state index in [-0.39, 0.29) is 29.1 Å². The van der Waals surface area contributed by atoms with Crippen LogP contribution in [-0.4, -0.2) is 24.1 Å². The molecule has 0 spiro atoms. The molecule has 0 aliphatic carbocycles. The van der Waals surface area contributed by atoms with Crippen LogP contribution in [0.1, 0.15) is 6.92 Å². The number of carbonyl (C=O) groups excluding carboxylic acids is 1. The van der Waals surface area contributed by atoms with Gasteiger partial charge in [-0.2, -0.15) is 0 Å². The van der Waals surface area contributed by atoms with Crippen molar-refractivity contribution in [3.8, 4) is 5.75 Å². The number of nitro benzene ring substituents is 1.